The Morgan fingerprint density at radius 3 is 2.44 bits per heavy atom. The van der Waals surface area contributed by atoms with Gasteiger partial charge in [0.25, 0.3) is 0 Å². The number of aldehydes is 1. The monoisotopic (exact) mass is 376 g/mol. The van der Waals surface area contributed by atoms with Crippen LogP contribution in [0.3, 0.4) is 0 Å². The summed E-state index contributed by atoms with van der Waals surface area (Å²) in [4.78, 5) is 25.3. The molecule has 0 spiro atoms. The summed E-state index contributed by atoms with van der Waals surface area (Å²) in [6, 6.07) is 7.04. The molecule has 6 heteroatoms. The van der Waals surface area contributed by atoms with Crippen molar-refractivity contribution in [3.8, 4) is 0 Å². The van der Waals surface area contributed by atoms with E-state index in [2.05, 4.69) is 5.32 Å². The van der Waals surface area contributed by atoms with E-state index in [0.29, 0.717) is 30.0 Å². The Bertz CT molecular complexity index is 621. The van der Waals surface area contributed by atoms with Crippen LogP contribution in [-0.4, -0.2) is 56.0 Å². The van der Waals surface area contributed by atoms with E-state index in [1.54, 1.807) is 0 Å². The number of benzene rings is 1. The number of urea groups is 1. The van der Waals surface area contributed by atoms with Crippen LogP contribution in [-0.2, 0) is 4.79 Å². The predicted octanol–water partition coefficient (Wildman–Crippen LogP) is 3.47. The van der Waals surface area contributed by atoms with Crippen LogP contribution in [0, 0.1) is 5.82 Å². The van der Waals surface area contributed by atoms with Crippen molar-refractivity contribution < 1.29 is 14.0 Å². The van der Waals surface area contributed by atoms with Crippen LogP contribution in [0.1, 0.15) is 44.9 Å². The minimum atomic E-state index is -0.240. The zero-order valence-electron chi connectivity index (χ0n) is 16.0. The van der Waals surface area contributed by atoms with Gasteiger partial charge in [0.05, 0.1) is 19.6 Å². The molecule has 1 saturated carbocycles. The molecule has 0 radical (unpaired) electrons. The lowest BCUT2D eigenvalue weighted by atomic mass is 9.96. The first-order valence-electron chi connectivity index (χ1n) is 10.2. The largest absolute Gasteiger partial charge is 0.335 e. The molecule has 148 valence electrons. The van der Waals surface area contributed by atoms with Crippen LogP contribution >= 0.6 is 0 Å². The first-order valence-corrected chi connectivity index (χ1v) is 10.2. The molecule has 0 bridgehead atoms. The van der Waals surface area contributed by atoms with Gasteiger partial charge in [-0.05, 0) is 25.0 Å². The molecule has 1 aliphatic carbocycles. The van der Waals surface area contributed by atoms with Crippen molar-refractivity contribution in [2.75, 3.05) is 32.7 Å². The maximum Gasteiger partial charge on any atom is 0.318 e. The number of hydrogen-bond acceptors (Lipinski definition) is 2. The number of carbonyl (C=O) groups excluding carboxylic acids is 2. The Morgan fingerprint density at radius 2 is 1.81 bits per heavy atom. The molecule has 27 heavy (non-hydrogen) atoms. The van der Waals surface area contributed by atoms with E-state index >= 15 is 0 Å². The van der Waals surface area contributed by atoms with Crippen molar-refractivity contribution in [1.29, 1.82) is 0 Å². The van der Waals surface area contributed by atoms with Gasteiger partial charge in [-0.2, -0.15) is 0 Å². The van der Waals surface area contributed by atoms with Gasteiger partial charge in [-0.15, -0.1) is 0 Å². The number of nitrogens with zero attached hydrogens (tertiary/aromatic N) is 2. The zero-order chi connectivity index (χ0) is 19.1. The molecule has 2 fully saturated rings. The second-order valence-corrected chi connectivity index (χ2v) is 7.87. The lowest BCUT2D eigenvalue weighted by Crippen LogP contribution is -2.63. The summed E-state index contributed by atoms with van der Waals surface area (Å²) in [7, 11) is 0. The number of hydrogen-bond donors (Lipinski definition) is 1. The number of unbranched alkanes of at least 4 members (excludes halogenated alkanes) is 1. The van der Waals surface area contributed by atoms with Gasteiger partial charge in [-0.1, -0.05) is 19.3 Å². The first kappa shape index (κ1) is 19.8. The molecule has 1 aromatic carbocycles. The van der Waals surface area contributed by atoms with Crippen LogP contribution in [0.4, 0.5) is 14.9 Å². The van der Waals surface area contributed by atoms with Gasteiger partial charge < -0.3 is 15.0 Å². The molecule has 5 nitrogen and oxygen atoms in total. The van der Waals surface area contributed by atoms with E-state index in [1.165, 1.54) is 31.4 Å². The Labute approximate surface area is 161 Å². The van der Waals surface area contributed by atoms with E-state index in [4.69, 9.17) is 0 Å². The van der Waals surface area contributed by atoms with Crippen LogP contribution in [0.15, 0.2) is 24.3 Å². The molecule has 0 unspecified atom stereocenters. The van der Waals surface area contributed by atoms with Crippen molar-refractivity contribution in [1.82, 2.24) is 14.7 Å². The predicted molar refractivity (Wildman–Crippen MR) is 105 cm³/mol. The fourth-order valence-corrected chi connectivity index (χ4v) is 4.41. The van der Waals surface area contributed by atoms with Gasteiger partial charge in [0.2, 0.25) is 0 Å². The van der Waals surface area contributed by atoms with E-state index in [9.17, 15) is 14.0 Å². The smallest absolute Gasteiger partial charge is 0.318 e. The lowest BCUT2D eigenvalue weighted by molar-refractivity contribution is -0.108. The van der Waals surface area contributed by atoms with Gasteiger partial charge in [-0.25, -0.2) is 9.18 Å². The standard InChI is InChI=1S/C21H30FN3O2/c22-18-8-10-20(11-9-18)25(14-4-5-17-26)15-12-24(13-16-25)21(27)23-19-6-2-1-3-7-19/h8-11,17,19H,1-7,12-16H2/p+1. The van der Waals surface area contributed by atoms with Gasteiger partial charge in [0.15, 0.2) is 0 Å². The van der Waals surface area contributed by atoms with E-state index in [1.807, 2.05) is 17.0 Å². The highest BCUT2D eigenvalue weighted by Crippen LogP contribution is 2.27. The average molecular weight is 376 g/mol. The highest BCUT2D eigenvalue weighted by atomic mass is 19.1. The minimum Gasteiger partial charge on any atom is -0.335 e. The number of rotatable bonds is 6. The zero-order valence-corrected chi connectivity index (χ0v) is 16.0. The molecule has 0 atom stereocenters. The highest BCUT2D eigenvalue weighted by molar-refractivity contribution is 5.74. The van der Waals surface area contributed by atoms with Crippen molar-refractivity contribution in [2.24, 2.45) is 0 Å². The van der Waals surface area contributed by atoms with Crippen molar-refractivity contribution in [3.05, 3.63) is 30.1 Å². The quantitative estimate of drug-likeness (QED) is 0.470. The molecule has 2 aliphatic rings. The summed E-state index contributed by atoms with van der Waals surface area (Å²) in [5.41, 5.74) is 1.06. The summed E-state index contributed by atoms with van der Waals surface area (Å²) in [5, 5.41) is 3.20. The highest BCUT2D eigenvalue weighted by Gasteiger charge is 2.36. The molecule has 1 N–H and O–H groups in total. The van der Waals surface area contributed by atoms with Crippen molar-refractivity contribution >= 4 is 18.0 Å². The molecule has 1 aliphatic heterocycles. The number of amides is 2. The number of halogens is 1. The topological polar surface area (TPSA) is 49.4 Å². The Balaban J connectivity index is 1.62. The van der Waals surface area contributed by atoms with E-state index < -0.39 is 0 Å². The number of carbonyl (C=O) groups is 2. The molecular formula is C21H31FN3O2+. The summed E-state index contributed by atoms with van der Waals surface area (Å²) in [6.45, 7) is 3.78. The maximum atomic E-state index is 13.4. The van der Waals surface area contributed by atoms with Gasteiger partial charge in [-0.3, -0.25) is 4.48 Å². The molecule has 1 aromatic rings. The minimum absolute atomic E-state index is 0.0479. The van der Waals surface area contributed by atoms with Crippen LogP contribution in [0.2, 0.25) is 0 Å². The normalized spacial score (nSPS) is 20.3. The molecule has 0 aromatic heterocycles. The third kappa shape index (κ3) is 5.06. The summed E-state index contributed by atoms with van der Waals surface area (Å²) in [6.07, 6.45) is 8.13. The second kappa shape index (κ2) is 9.31. The molecule has 1 heterocycles. The van der Waals surface area contributed by atoms with Crippen LogP contribution in [0.5, 0.6) is 0 Å². The van der Waals surface area contributed by atoms with Crippen LogP contribution in [0.25, 0.3) is 0 Å². The van der Waals surface area contributed by atoms with Crippen molar-refractivity contribution in [2.45, 2.75) is 51.0 Å². The van der Waals surface area contributed by atoms with Gasteiger partial charge in [0.1, 0.15) is 30.9 Å². The molecule has 1 saturated heterocycles. The van der Waals surface area contributed by atoms with Gasteiger partial charge >= 0.3 is 6.03 Å². The van der Waals surface area contributed by atoms with Gasteiger partial charge in [0, 0.05) is 31.0 Å². The Morgan fingerprint density at radius 1 is 1.15 bits per heavy atom. The summed E-state index contributed by atoms with van der Waals surface area (Å²) < 4.78 is 14.1. The Hall–Kier alpha value is -1.95. The third-order valence-electron chi connectivity index (χ3n) is 6.10. The average Bonchev–Trinajstić information content (AvgIpc) is 2.70. The van der Waals surface area contributed by atoms with E-state index in [0.717, 1.165) is 50.9 Å². The maximum absolute atomic E-state index is 13.4. The molecule has 3 rings (SSSR count). The number of quaternary nitrogens is 1. The second-order valence-electron chi connectivity index (χ2n) is 7.87. The third-order valence-corrected chi connectivity index (χ3v) is 6.10. The fraction of sp³-hybridized carbons (Fsp3) is 0.619. The SMILES string of the molecule is O=CCCC[N+]1(c2ccc(F)cc2)CCN(C(=O)NC2CCCCC2)CC1. The summed E-state index contributed by atoms with van der Waals surface area (Å²) in [5.74, 6) is -0.240. The summed E-state index contributed by atoms with van der Waals surface area (Å²) >= 11 is 0. The Kier molecular flexibility index (Phi) is 6.83. The lowest BCUT2D eigenvalue weighted by Gasteiger charge is -2.44. The number of nitrogens with one attached hydrogen (secondary N) is 1. The molecular weight excluding hydrogens is 345 g/mol. The van der Waals surface area contributed by atoms with Crippen molar-refractivity contribution in [3.63, 3.8) is 0 Å². The first-order chi connectivity index (χ1) is 13.1. The number of piperazine rings is 1. The molecule has 2 amide bonds. The fourth-order valence-electron chi connectivity index (χ4n) is 4.41. The van der Waals surface area contributed by atoms with E-state index in [-0.39, 0.29) is 11.8 Å². The van der Waals surface area contributed by atoms with Crippen LogP contribution < -0.4 is 9.80 Å².